The Kier molecular flexibility index (Phi) is 2.85. The second kappa shape index (κ2) is 4.05. The van der Waals surface area contributed by atoms with Crippen molar-refractivity contribution in [2.45, 2.75) is 6.18 Å². The first kappa shape index (κ1) is 11.9. The molecular formula is C11H8BF3O2. The molecule has 0 saturated carbocycles. The minimum atomic E-state index is -4.61. The van der Waals surface area contributed by atoms with Gasteiger partial charge in [0.05, 0.1) is 5.56 Å². The van der Waals surface area contributed by atoms with E-state index in [0.717, 1.165) is 12.1 Å². The third-order valence-corrected chi connectivity index (χ3v) is 2.50. The molecule has 2 nitrogen and oxygen atoms in total. The molecule has 0 fully saturated rings. The van der Waals surface area contributed by atoms with Crippen molar-refractivity contribution in [3.05, 3.63) is 42.0 Å². The van der Waals surface area contributed by atoms with Crippen molar-refractivity contribution in [1.29, 1.82) is 0 Å². The largest absolute Gasteiger partial charge is 0.489 e. The van der Waals surface area contributed by atoms with E-state index < -0.39 is 24.3 Å². The van der Waals surface area contributed by atoms with Crippen LogP contribution in [0.2, 0.25) is 0 Å². The molecule has 6 heteroatoms. The lowest BCUT2D eigenvalue weighted by atomic mass is 9.75. The van der Waals surface area contributed by atoms with E-state index in [1.54, 1.807) is 18.2 Å². The van der Waals surface area contributed by atoms with Gasteiger partial charge in [-0.2, -0.15) is 13.2 Å². The smallest absolute Gasteiger partial charge is 0.423 e. The molecule has 2 rings (SSSR count). The summed E-state index contributed by atoms with van der Waals surface area (Å²) < 4.78 is 38.1. The predicted molar refractivity (Wildman–Crippen MR) is 58.8 cm³/mol. The van der Waals surface area contributed by atoms with E-state index in [1.807, 2.05) is 0 Å². The molecule has 0 saturated heterocycles. The fraction of sp³-hybridized carbons (Fsp3) is 0.0909. The summed E-state index contributed by atoms with van der Waals surface area (Å²) in [6, 6.07) is 8.51. The minimum Gasteiger partial charge on any atom is -0.423 e. The number of alkyl halides is 3. The highest BCUT2D eigenvalue weighted by Gasteiger charge is 2.36. The summed E-state index contributed by atoms with van der Waals surface area (Å²) >= 11 is 0. The minimum absolute atomic E-state index is 0.407. The predicted octanol–water partition coefficient (Wildman–Crippen LogP) is 1.54. The van der Waals surface area contributed by atoms with Crippen molar-refractivity contribution in [3.8, 4) is 0 Å². The maximum atomic E-state index is 12.7. The standard InChI is InChI=1S/C11H8BF3O2/c13-11(14,15)9-5-7-3-1-2-4-8(7)6-10(9)12(16)17/h1-6,16-17H. The number of benzene rings is 2. The van der Waals surface area contributed by atoms with Gasteiger partial charge in [-0.1, -0.05) is 30.3 Å². The van der Waals surface area contributed by atoms with Crippen LogP contribution < -0.4 is 5.46 Å². The molecule has 0 unspecified atom stereocenters. The Morgan fingerprint density at radius 3 is 1.94 bits per heavy atom. The summed E-state index contributed by atoms with van der Waals surface area (Å²) in [5, 5.41) is 18.9. The van der Waals surface area contributed by atoms with Crippen molar-refractivity contribution in [2.75, 3.05) is 0 Å². The highest BCUT2D eigenvalue weighted by atomic mass is 19.4. The van der Waals surface area contributed by atoms with Crippen molar-refractivity contribution >= 4 is 23.4 Å². The lowest BCUT2D eigenvalue weighted by Gasteiger charge is -2.13. The van der Waals surface area contributed by atoms with E-state index in [2.05, 4.69) is 0 Å². The Balaban J connectivity index is 2.75. The average molecular weight is 240 g/mol. The van der Waals surface area contributed by atoms with E-state index in [4.69, 9.17) is 10.0 Å². The fourth-order valence-electron chi connectivity index (χ4n) is 1.72. The molecule has 2 aromatic rings. The number of hydrogen-bond donors (Lipinski definition) is 2. The molecule has 0 heterocycles. The highest BCUT2D eigenvalue weighted by molar-refractivity contribution is 6.59. The summed E-state index contributed by atoms with van der Waals surface area (Å²) in [5.41, 5.74) is -1.55. The number of fused-ring (bicyclic) bond motifs is 1. The van der Waals surface area contributed by atoms with Gasteiger partial charge in [-0.25, -0.2) is 0 Å². The van der Waals surface area contributed by atoms with Crippen molar-refractivity contribution in [1.82, 2.24) is 0 Å². The van der Waals surface area contributed by atoms with Gasteiger partial charge in [-0.15, -0.1) is 0 Å². The molecule has 2 N–H and O–H groups in total. The Bertz CT molecular complexity index is 552. The second-order valence-corrected chi connectivity index (χ2v) is 3.66. The number of hydrogen-bond acceptors (Lipinski definition) is 2. The Morgan fingerprint density at radius 1 is 0.941 bits per heavy atom. The summed E-state index contributed by atoms with van der Waals surface area (Å²) in [5.74, 6) is 0. The molecule has 0 bridgehead atoms. The Hall–Kier alpha value is -1.53. The lowest BCUT2D eigenvalue weighted by molar-refractivity contribution is -0.136. The number of rotatable bonds is 1. The molecule has 0 radical (unpaired) electrons. The van der Waals surface area contributed by atoms with Crippen LogP contribution >= 0.6 is 0 Å². The monoisotopic (exact) mass is 240 g/mol. The van der Waals surface area contributed by atoms with Crippen LogP contribution in [0.3, 0.4) is 0 Å². The summed E-state index contributed by atoms with van der Waals surface area (Å²) in [7, 11) is -2.14. The third kappa shape index (κ3) is 2.27. The summed E-state index contributed by atoms with van der Waals surface area (Å²) in [6.07, 6.45) is -4.61. The van der Waals surface area contributed by atoms with Crippen molar-refractivity contribution < 1.29 is 23.2 Å². The quantitative estimate of drug-likeness (QED) is 0.742. The van der Waals surface area contributed by atoms with Gasteiger partial charge in [0, 0.05) is 0 Å². The van der Waals surface area contributed by atoms with Crippen LogP contribution in [0.5, 0.6) is 0 Å². The third-order valence-electron chi connectivity index (χ3n) is 2.50. The molecule has 0 aliphatic heterocycles. The van der Waals surface area contributed by atoms with Crippen molar-refractivity contribution in [2.24, 2.45) is 0 Å². The van der Waals surface area contributed by atoms with Crippen LogP contribution in [0.25, 0.3) is 10.8 Å². The van der Waals surface area contributed by atoms with Crippen molar-refractivity contribution in [3.63, 3.8) is 0 Å². The van der Waals surface area contributed by atoms with Crippen LogP contribution in [0.1, 0.15) is 5.56 Å². The van der Waals surface area contributed by atoms with Crippen LogP contribution in [-0.2, 0) is 6.18 Å². The van der Waals surface area contributed by atoms with Gasteiger partial charge >= 0.3 is 13.3 Å². The zero-order chi connectivity index (χ0) is 12.6. The fourth-order valence-corrected chi connectivity index (χ4v) is 1.72. The lowest BCUT2D eigenvalue weighted by Crippen LogP contribution is -2.36. The first-order valence-electron chi connectivity index (χ1n) is 4.85. The van der Waals surface area contributed by atoms with Gasteiger partial charge in [-0.3, -0.25) is 0 Å². The van der Waals surface area contributed by atoms with Gasteiger partial charge in [0.2, 0.25) is 0 Å². The number of halogens is 3. The van der Waals surface area contributed by atoms with Gasteiger partial charge in [0.15, 0.2) is 0 Å². The molecule has 2 aromatic carbocycles. The SMILES string of the molecule is OB(O)c1cc2ccccc2cc1C(F)(F)F. The summed E-state index contributed by atoms with van der Waals surface area (Å²) in [4.78, 5) is 0. The molecule has 0 spiro atoms. The topological polar surface area (TPSA) is 40.5 Å². The maximum Gasteiger partial charge on any atom is 0.489 e. The Labute approximate surface area is 95.5 Å². The molecule has 0 aromatic heterocycles. The van der Waals surface area contributed by atoms with Crippen LogP contribution in [0.15, 0.2) is 36.4 Å². The zero-order valence-electron chi connectivity index (χ0n) is 8.57. The first-order valence-corrected chi connectivity index (χ1v) is 4.85. The molecule has 0 amide bonds. The molecule has 0 atom stereocenters. The van der Waals surface area contributed by atoms with E-state index in [1.165, 1.54) is 6.07 Å². The molecule has 0 aliphatic carbocycles. The van der Waals surface area contributed by atoms with E-state index in [0.29, 0.717) is 10.8 Å². The van der Waals surface area contributed by atoms with Gasteiger partial charge in [0.25, 0.3) is 0 Å². The molecule has 0 aliphatic rings. The summed E-state index contributed by atoms with van der Waals surface area (Å²) in [6.45, 7) is 0. The van der Waals surface area contributed by atoms with Gasteiger partial charge in [-0.05, 0) is 22.3 Å². The maximum absolute atomic E-state index is 12.7. The van der Waals surface area contributed by atoms with Gasteiger partial charge < -0.3 is 10.0 Å². The van der Waals surface area contributed by atoms with Crippen LogP contribution in [0.4, 0.5) is 13.2 Å². The molecular weight excluding hydrogens is 232 g/mol. The Morgan fingerprint density at radius 2 is 1.47 bits per heavy atom. The molecule has 17 heavy (non-hydrogen) atoms. The van der Waals surface area contributed by atoms with E-state index in [9.17, 15) is 13.2 Å². The normalized spacial score (nSPS) is 11.8. The first-order chi connectivity index (χ1) is 7.89. The van der Waals surface area contributed by atoms with E-state index in [-0.39, 0.29) is 0 Å². The molecule has 88 valence electrons. The average Bonchev–Trinajstić information content (AvgIpc) is 2.26. The zero-order valence-corrected chi connectivity index (χ0v) is 8.57. The second-order valence-electron chi connectivity index (χ2n) is 3.66. The van der Waals surface area contributed by atoms with Gasteiger partial charge in [0.1, 0.15) is 0 Å². The van der Waals surface area contributed by atoms with Crippen LogP contribution in [-0.4, -0.2) is 17.2 Å². The van der Waals surface area contributed by atoms with E-state index >= 15 is 0 Å². The van der Waals surface area contributed by atoms with Crippen LogP contribution in [0, 0.1) is 0 Å². The highest BCUT2D eigenvalue weighted by Crippen LogP contribution is 2.30.